The molecule has 7 nitrogen and oxygen atoms in total. The molecule has 1 N–H and O–H groups in total. The van der Waals surface area contributed by atoms with Crippen LogP contribution in [0.3, 0.4) is 0 Å². The van der Waals surface area contributed by atoms with Crippen LogP contribution >= 0.6 is 0 Å². The third-order valence-electron chi connectivity index (χ3n) is 6.71. The van der Waals surface area contributed by atoms with E-state index in [2.05, 4.69) is 5.32 Å². The van der Waals surface area contributed by atoms with Gasteiger partial charge in [-0.05, 0) is 69.5 Å². The zero-order valence-electron chi connectivity index (χ0n) is 23.0. The highest BCUT2D eigenvalue weighted by molar-refractivity contribution is 7.92. The summed E-state index contributed by atoms with van der Waals surface area (Å²) in [5.74, 6) is -1.56. The SMILES string of the molecule is CC[C@H](C)NC(=O)[C@H](C)N(Cc1ccccc1F)C(=O)CN(c1cc(C)ccc1C)S(=O)(=O)c1ccccc1. The van der Waals surface area contributed by atoms with Crippen LogP contribution in [0.4, 0.5) is 10.1 Å². The molecule has 9 heteroatoms. The zero-order chi connectivity index (χ0) is 28.7. The smallest absolute Gasteiger partial charge is 0.264 e. The van der Waals surface area contributed by atoms with Crippen LogP contribution in [0.1, 0.15) is 43.9 Å². The maximum absolute atomic E-state index is 14.6. The van der Waals surface area contributed by atoms with Gasteiger partial charge in [0.2, 0.25) is 11.8 Å². The summed E-state index contributed by atoms with van der Waals surface area (Å²) in [6, 6.07) is 18.1. The molecule has 3 rings (SSSR count). The van der Waals surface area contributed by atoms with Crippen LogP contribution in [0.5, 0.6) is 0 Å². The molecule has 0 aliphatic rings. The highest BCUT2D eigenvalue weighted by Gasteiger charge is 2.33. The van der Waals surface area contributed by atoms with Gasteiger partial charge in [0.15, 0.2) is 0 Å². The summed E-state index contributed by atoms with van der Waals surface area (Å²) >= 11 is 0. The minimum Gasteiger partial charge on any atom is -0.352 e. The van der Waals surface area contributed by atoms with E-state index in [-0.39, 0.29) is 23.0 Å². The lowest BCUT2D eigenvalue weighted by Crippen LogP contribution is -2.52. The van der Waals surface area contributed by atoms with Gasteiger partial charge in [0.25, 0.3) is 10.0 Å². The number of hydrogen-bond donors (Lipinski definition) is 1. The van der Waals surface area contributed by atoms with Crippen molar-refractivity contribution in [3.63, 3.8) is 0 Å². The first-order chi connectivity index (χ1) is 18.4. The first-order valence-corrected chi connectivity index (χ1v) is 14.4. The molecule has 0 fully saturated rings. The van der Waals surface area contributed by atoms with Crippen LogP contribution in [-0.2, 0) is 26.2 Å². The van der Waals surface area contributed by atoms with E-state index in [1.165, 1.54) is 29.2 Å². The molecule has 0 saturated heterocycles. The Bertz CT molecular complexity index is 1410. The van der Waals surface area contributed by atoms with Crippen molar-refractivity contribution in [2.24, 2.45) is 0 Å². The average molecular weight is 554 g/mol. The zero-order valence-corrected chi connectivity index (χ0v) is 23.8. The van der Waals surface area contributed by atoms with Crippen LogP contribution in [0, 0.1) is 19.7 Å². The van der Waals surface area contributed by atoms with Gasteiger partial charge < -0.3 is 10.2 Å². The van der Waals surface area contributed by atoms with Gasteiger partial charge in [0.05, 0.1) is 10.6 Å². The molecule has 0 unspecified atom stereocenters. The van der Waals surface area contributed by atoms with Gasteiger partial charge >= 0.3 is 0 Å². The Balaban J connectivity index is 2.07. The predicted molar refractivity (Wildman–Crippen MR) is 151 cm³/mol. The number of anilines is 1. The molecular weight excluding hydrogens is 517 g/mol. The van der Waals surface area contributed by atoms with Crippen molar-refractivity contribution in [2.45, 2.75) is 64.6 Å². The summed E-state index contributed by atoms with van der Waals surface area (Å²) in [6.07, 6.45) is 0.690. The molecule has 0 heterocycles. The number of amides is 2. The Morgan fingerprint density at radius 2 is 1.59 bits per heavy atom. The number of sulfonamides is 1. The van der Waals surface area contributed by atoms with Crippen LogP contribution in [0.25, 0.3) is 0 Å². The standard InChI is InChI=1S/C30H36FN3O4S/c1-6-23(4)32-30(36)24(5)33(19-25-12-10-11-15-27(25)31)29(35)20-34(28-18-21(2)16-17-22(28)3)39(37,38)26-13-8-7-9-14-26/h7-18,23-24H,6,19-20H2,1-5H3,(H,32,36)/t23-,24-/m0/s1. The van der Waals surface area contributed by atoms with E-state index in [0.717, 1.165) is 9.87 Å². The molecule has 0 aliphatic heterocycles. The van der Waals surface area contributed by atoms with Crippen molar-refractivity contribution in [1.29, 1.82) is 0 Å². The second-order valence-corrected chi connectivity index (χ2v) is 11.6. The highest BCUT2D eigenvalue weighted by Crippen LogP contribution is 2.28. The molecule has 0 spiro atoms. The van der Waals surface area contributed by atoms with E-state index in [4.69, 9.17) is 0 Å². The molecule has 3 aromatic rings. The van der Waals surface area contributed by atoms with Crippen LogP contribution in [0.15, 0.2) is 77.7 Å². The summed E-state index contributed by atoms with van der Waals surface area (Å²) in [4.78, 5) is 28.3. The summed E-state index contributed by atoms with van der Waals surface area (Å²) in [7, 11) is -4.16. The number of aryl methyl sites for hydroxylation is 2. The number of halogens is 1. The van der Waals surface area contributed by atoms with Crippen molar-refractivity contribution in [3.8, 4) is 0 Å². The average Bonchev–Trinajstić information content (AvgIpc) is 2.92. The fourth-order valence-electron chi connectivity index (χ4n) is 4.08. The largest absolute Gasteiger partial charge is 0.352 e. The summed E-state index contributed by atoms with van der Waals surface area (Å²) in [6.45, 7) is 8.17. The molecular formula is C30H36FN3O4S. The molecule has 0 aliphatic carbocycles. The number of hydrogen-bond acceptors (Lipinski definition) is 4. The molecule has 2 amide bonds. The molecule has 0 aromatic heterocycles. The maximum atomic E-state index is 14.6. The summed E-state index contributed by atoms with van der Waals surface area (Å²) in [5.41, 5.74) is 2.06. The topological polar surface area (TPSA) is 86.8 Å². The highest BCUT2D eigenvalue weighted by atomic mass is 32.2. The lowest BCUT2D eigenvalue weighted by atomic mass is 10.1. The molecule has 3 aromatic carbocycles. The second-order valence-electron chi connectivity index (χ2n) is 9.72. The van der Waals surface area contributed by atoms with Gasteiger partial charge in [-0.25, -0.2) is 12.8 Å². The van der Waals surface area contributed by atoms with Crippen LogP contribution in [0.2, 0.25) is 0 Å². The van der Waals surface area contributed by atoms with Crippen molar-refractivity contribution >= 4 is 27.5 Å². The van der Waals surface area contributed by atoms with E-state index in [1.807, 2.05) is 26.8 Å². The lowest BCUT2D eigenvalue weighted by Gasteiger charge is -2.33. The van der Waals surface area contributed by atoms with E-state index < -0.39 is 40.2 Å². The number of nitrogens with zero attached hydrogens (tertiary/aromatic N) is 2. The lowest BCUT2D eigenvalue weighted by molar-refractivity contribution is -0.139. The monoisotopic (exact) mass is 553 g/mol. The fourth-order valence-corrected chi connectivity index (χ4v) is 5.57. The van der Waals surface area contributed by atoms with Crippen molar-refractivity contribution in [3.05, 3.63) is 95.3 Å². The maximum Gasteiger partial charge on any atom is 0.264 e. The van der Waals surface area contributed by atoms with Crippen molar-refractivity contribution < 1.29 is 22.4 Å². The Morgan fingerprint density at radius 1 is 0.949 bits per heavy atom. The third kappa shape index (κ3) is 7.23. The molecule has 39 heavy (non-hydrogen) atoms. The number of nitrogens with one attached hydrogen (secondary N) is 1. The van der Waals surface area contributed by atoms with Crippen molar-refractivity contribution in [1.82, 2.24) is 10.2 Å². The van der Waals surface area contributed by atoms with E-state index in [1.54, 1.807) is 56.3 Å². The number of carbonyl (C=O) groups excluding carboxylic acids is 2. The molecule has 0 radical (unpaired) electrons. The fraction of sp³-hybridized carbons (Fsp3) is 0.333. The quantitative estimate of drug-likeness (QED) is 0.363. The van der Waals surface area contributed by atoms with Gasteiger partial charge in [-0.2, -0.15) is 0 Å². The van der Waals surface area contributed by atoms with Gasteiger partial charge in [-0.1, -0.05) is 55.5 Å². The Hall–Kier alpha value is -3.72. The van der Waals surface area contributed by atoms with Crippen molar-refractivity contribution in [2.75, 3.05) is 10.8 Å². The van der Waals surface area contributed by atoms with Gasteiger partial charge in [0, 0.05) is 18.2 Å². The minimum atomic E-state index is -4.16. The third-order valence-corrected chi connectivity index (χ3v) is 8.48. The normalized spacial score (nSPS) is 12.9. The number of carbonyl (C=O) groups is 2. The molecule has 2 atom stereocenters. The van der Waals surface area contributed by atoms with Gasteiger partial charge in [-0.15, -0.1) is 0 Å². The molecule has 208 valence electrons. The van der Waals surface area contributed by atoms with E-state index in [0.29, 0.717) is 17.7 Å². The summed E-state index contributed by atoms with van der Waals surface area (Å²) in [5, 5.41) is 2.86. The van der Waals surface area contributed by atoms with Gasteiger partial charge in [0.1, 0.15) is 18.4 Å². The van der Waals surface area contributed by atoms with E-state index >= 15 is 0 Å². The Kier molecular flexibility index (Phi) is 9.86. The molecule has 0 bridgehead atoms. The Labute approximate surface area is 230 Å². The van der Waals surface area contributed by atoms with Crippen LogP contribution < -0.4 is 9.62 Å². The van der Waals surface area contributed by atoms with E-state index in [9.17, 15) is 22.4 Å². The Morgan fingerprint density at radius 3 is 2.23 bits per heavy atom. The first-order valence-electron chi connectivity index (χ1n) is 12.9. The molecule has 0 saturated carbocycles. The number of rotatable bonds is 11. The van der Waals surface area contributed by atoms with Gasteiger partial charge in [-0.3, -0.25) is 13.9 Å². The second kappa shape index (κ2) is 12.9. The minimum absolute atomic E-state index is 0.0296. The predicted octanol–water partition coefficient (Wildman–Crippen LogP) is 4.97. The van der Waals surface area contributed by atoms with Crippen LogP contribution in [-0.4, -0.2) is 43.8 Å². The first kappa shape index (κ1) is 29.8. The summed E-state index contributed by atoms with van der Waals surface area (Å²) < 4.78 is 43.4. The number of benzene rings is 3.